The Morgan fingerprint density at radius 3 is 2.64 bits per heavy atom. The Labute approximate surface area is 131 Å². The summed E-state index contributed by atoms with van der Waals surface area (Å²) in [5, 5.41) is 28.8. The average Bonchev–Trinajstić information content (AvgIpc) is 2.83. The minimum Gasteiger partial charge on any atom is -0.394 e. The van der Waals surface area contributed by atoms with Crippen LogP contribution in [0.1, 0.15) is 6.23 Å². The number of nitrogens with zero attached hydrogens (tertiary/aromatic N) is 3. The van der Waals surface area contributed by atoms with E-state index in [9.17, 15) is 15.0 Å². The van der Waals surface area contributed by atoms with Gasteiger partial charge < -0.3 is 25.0 Å². The van der Waals surface area contributed by atoms with Crippen LogP contribution in [0, 0.1) is 0 Å². The van der Waals surface area contributed by atoms with Crippen LogP contribution in [0.5, 0.6) is 0 Å². The van der Waals surface area contributed by atoms with Crippen LogP contribution in [0.2, 0.25) is 0 Å². The molecule has 0 aliphatic carbocycles. The van der Waals surface area contributed by atoms with E-state index in [2.05, 4.69) is 4.98 Å². The minimum absolute atomic E-state index is 0.430. The zero-order chi connectivity index (χ0) is 15.7. The SMILES string of the molecule is O=c1nc(N2CCSCC2)ccn1[C@H]1O[C@@H](CO)[C@@H](O)[C@@H]1O. The van der Waals surface area contributed by atoms with Gasteiger partial charge in [-0.2, -0.15) is 16.7 Å². The van der Waals surface area contributed by atoms with Crippen molar-refractivity contribution in [2.45, 2.75) is 24.5 Å². The van der Waals surface area contributed by atoms with Gasteiger partial charge in [0.05, 0.1) is 6.61 Å². The van der Waals surface area contributed by atoms with Crippen molar-refractivity contribution in [3.05, 3.63) is 22.7 Å². The van der Waals surface area contributed by atoms with Crippen LogP contribution in [0.4, 0.5) is 5.82 Å². The van der Waals surface area contributed by atoms with Gasteiger partial charge in [0.25, 0.3) is 0 Å². The third kappa shape index (κ3) is 2.86. The molecule has 2 aliphatic rings. The monoisotopic (exact) mass is 329 g/mol. The Bertz CT molecular complexity index is 577. The molecule has 0 unspecified atom stereocenters. The van der Waals surface area contributed by atoms with Crippen molar-refractivity contribution in [2.75, 3.05) is 36.1 Å². The lowest BCUT2D eigenvalue weighted by Gasteiger charge is -2.27. The van der Waals surface area contributed by atoms with Gasteiger partial charge in [0.2, 0.25) is 0 Å². The lowest BCUT2D eigenvalue weighted by Crippen LogP contribution is -2.38. The van der Waals surface area contributed by atoms with Gasteiger partial charge in [-0.25, -0.2) is 4.79 Å². The first-order chi connectivity index (χ1) is 10.6. The smallest absolute Gasteiger partial charge is 0.351 e. The van der Waals surface area contributed by atoms with E-state index >= 15 is 0 Å². The zero-order valence-electron chi connectivity index (χ0n) is 11.9. The summed E-state index contributed by atoms with van der Waals surface area (Å²) < 4.78 is 6.49. The molecule has 0 amide bonds. The summed E-state index contributed by atoms with van der Waals surface area (Å²) in [6.07, 6.45) is -2.97. The molecule has 2 aliphatic heterocycles. The summed E-state index contributed by atoms with van der Waals surface area (Å²) >= 11 is 1.87. The second kappa shape index (κ2) is 6.55. The predicted molar refractivity (Wildman–Crippen MR) is 81.0 cm³/mol. The molecule has 2 fully saturated rings. The zero-order valence-corrected chi connectivity index (χ0v) is 12.7. The average molecular weight is 329 g/mol. The van der Waals surface area contributed by atoms with Gasteiger partial charge in [0.15, 0.2) is 6.23 Å². The second-order valence-corrected chi connectivity index (χ2v) is 6.53. The summed E-state index contributed by atoms with van der Waals surface area (Å²) in [5.41, 5.74) is -0.550. The number of aliphatic hydroxyl groups is 3. The molecule has 0 bridgehead atoms. The van der Waals surface area contributed by atoms with Crippen LogP contribution in [0.25, 0.3) is 0 Å². The number of thioether (sulfide) groups is 1. The number of ether oxygens (including phenoxy) is 1. The maximum atomic E-state index is 12.2. The highest BCUT2D eigenvalue weighted by Crippen LogP contribution is 2.28. The van der Waals surface area contributed by atoms with Crippen molar-refractivity contribution in [1.29, 1.82) is 0 Å². The molecule has 3 N–H and O–H groups in total. The Morgan fingerprint density at radius 1 is 1.32 bits per heavy atom. The molecule has 122 valence electrons. The number of aromatic nitrogens is 2. The maximum Gasteiger partial charge on any atom is 0.351 e. The summed E-state index contributed by atoms with van der Waals surface area (Å²) in [4.78, 5) is 18.3. The van der Waals surface area contributed by atoms with Crippen LogP contribution in [-0.2, 0) is 4.74 Å². The van der Waals surface area contributed by atoms with Crippen LogP contribution >= 0.6 is 11.8 Å². The molecule has 0 spiro atoms. The Hall–Kier alpha value is -1.13. The quantitative estimate of drug-likeness (QED) is 0.609. The molecule has 22 heavy (non-hydrogen) atoms. The van der Waals surface area contributed by atoms with Gasteiger partial charge in [0, 0.05) is 30.8 Å². The van der Waals surface area contributed by atoms with Crippen molar-refractivity contribution in [1.82, 2.24) is 9.55 Å². The summed E-state index contributed by atoms with van der Waals surface area (Å²) in [5.74, 6) is 2.60. The van der Waals surface area contributed by atoms with Gasteiger partial charge in [0.1, 0.15) is 24.1 Å². The lowest BCUT2D eigenvalue weighted by atomic mass is 10.1. The van der Waals surface area contributed by atoms with E-state index in [0.29, 0.717) is 5.82 Å². The Balaban J connectivity index is 1.82. The fourth-order valence-corrected chi connectivity index (χ4v) is 3.58. The highest BCUT2D eigenvalue weighted by molar-refractivity contribution is 7.99. The van der Waals surface area contributed by atoms with E-state index < -0.39 is 36.8 Å². The normalized spacial score (nSPS) is 32.4. The third-order valence-electron chi connectivity index (χ3n) is 3.94. The lowest BCUT2D eigenvalue weighted by molar-refractivity contribution is -0.0549. The predicted octanol–water partition coefficient (Wildman–Crippen LogP) is -1.59. The molecule has 8 nitrogen and oxygen atoms in total. The highest BCUT2D eigenvalue weighted by atomic mass is 32.2. The fraction of sp³-hybridized carbons (Fsp3) is 0.692. The van der Waals surface area contributed by atoms with Crippen molar-refractivity contribution < 1.29 is 20.1 Å². The molecular formula is C13H19N3O5S. The fourth-order valence-electron chi connectivity index (χ4n) is 2.68. The molecule has 1 aromatic rings. The summed E-state index contributed by atoms with van der Waals surface area (Å²) in [7, 11) is 0. The van der Waals surface area contributed by atoms with Gasteiger partial charge in [-0.05, 0) is 6.07 Å². The van der Waals surface area contributed by atoms with Gasteiger partial charge in [-0.3, -0.25) is 4.57 Å². The second-order valence-electron chi connectivity index (χ2n) is 5.30. The first kappa shape index (κ1) is 15.8. The first-order valence-electron chi connectivity index (χ1n) is 7.16. The summed E-state index contributed by atoms with van der Waals surface area (Å²) in [6, 6.07) is 1.70. The van der Waals surface area contributed by atoms with Crippen molar-refractivity contribution >= 4 is 17.6 Å². The molecule has 0 radical (unpaired) electrons. The van der Waals surface area contributed by atoms with Crippen LogP contribution in [0.3, 0.4) is 0 Å². The van der Waals surface area contributed by atoms with E-state index in [1.807, 2.05) is 16.7 Å². The molecule has 3 heterocycles. The molecule has 3 rings (SSSR count). The van der Waals surface area contributed by atoms with E-state index in [1.54, 1.807) is 6.07 Å². The minimum atomic E-state index is -1.28. The Kier molecular flexibility index (Phi) is 4.69. The van der Waals surface area contributed by atoms with E-state index in [1.165, 1.54) is 6.20 Å². The topological polar surface area (TPSA) is 108 Å². The van der Waals surface area contributed by atoms with Crippen molar-refractivity contribution in [2.24, 2.45) is 0 Å². The van der Waals surface area contributed by atoms with Gasteiger partial charge in [-0.15, -0.1) is 0 Å². The number of hydrogen-bond acceptors (Lipinski definition) is 8. The molecule has 2 saturated heterocycles. The summed E-state index contributed by atoms with van der Waals surface area (Å²) in [6.45, 7) is 1.25. The Morgan fingerprint density at radius 2 is 2.05 bits per heavy atom. The number of rotatable bonds is 3. The largest absolute Gasteiger partial charge is 0.394 e. The third-order valence-corrected chi connectivity index (χ3v) is 4.88. The molecule has 9 heteroatoms. The van der Waals surface area contributed by atoms with Crippen LogP contribution in [0.15, 0.2) is 17.1 Å². The first-order valence-corrected chi connectivity index (χ1v) is 8.31. The van der Waals surface area contributed by atoms with Crippen LogP contribution < -0.4 is 10.6 Å². The molecule has 1 aromatic heterocycles. The van der Waals surface area contributed by atoms with Crippen molar-refractivity contribution in [3.8, 4) is 0 Å². The highest BCUT2D eigenvalue weighted by Gasteiger charge is 2.43. The van der Waals surface area contributed by atoms with Crippen LogP contribution in [-0.4, -0.2) is 74.4 Å². The molecule has 4 atom stereocenters. The molecule has 0 aromatic carbocycles. The number of anilines is 1. The molecular weight excluding hydrogens is 310 g/mol. The van der Waals surface area contributed by atoms with Gasteiger partial charge in [-0.1, -0.05) is 0 Å². The molecule has 0 saturated carbocycles. The number of aliphatic hydroxyl groups excluding tert-OH is 3. The number of hydrogen-bond donors (Lipinski definition) is 3. The van der Waals surface area contributed by atoms with E-state index in [-0.39, 0.29) is 0 Å². The maximum absolute atomic E-state index is 12.2. The standard InChI is InChI=1S/C13H19N3O5S/c17-7-8-10(18)11(19)12(21-8)16-2-1-9(14-13(16)20)15-3-5-22-6-4-15/h1-2,8,10-12,17-19H,3-7H2/t8-,10+,11-,12-/m0/s1. The van der Waals surface area contributed by atoms with Gasteiger partial charge >= 0.3 is 5.69 Å². The van der Waals surface area contributed by atoms with E-state index in [4.69, 9.17) is 9.84 Å². The van der Waals surface area contributed by atoms with Crippen molar-refractivity contribution in [3.63, 3.8) is 0 Å². The van der Waals surface area contributed by atoms with E-state index in [0.717, 1.165) is 29.2 Å².